The number of aryl methyl sites for hydroxylation is 1. The number of amides is 1. The Labute approximate surface area is 200 Å². The summed E-state index contributed by atoms with van der Waals surface area (Å²) in [5, 5.41) is 3.04. The number of nitrogens with zero attached hydrogens (tertiary/aromatic N) is 2. The molecule has 1 aromatic heterocycles. The van der Waals surface area contributed by atoms with Crippen molar-refractivity contribution in [1.82, 2.24) is 15.2 Å². The number of hydrogen-bond donors (Lipinski definition) is 1. The van der Waals surface area contributed by atoms with Gasteiger partial charge in [-0.15, -0.1) is 6.58 Å². The first-order valence-electron chi connectivity index (χ1n) is 11.5. The topological polar surface area (TPSA) is 72.9 Å². The predicted molar refractivity (Wildman–Crippen MR) is 129 cm³/mol. The van der Waals surface area contributed by atoms with Gasteiger partial charge in [0.2, 0.25) is 0 Å². The number of hydrogen-bond acceptors (Lipinski definition) is 6. The Morgan fingerprint density at radius 2 is 2.06 bits per heavy atom. The molecule has 34 heavy (non-hydrogen) atoms. The Balaban J connectivity index is 1.65. The molecule has 1 fully saturated rings. The Bertz CT molecular complexity index is 941. The average Bonchev–Trinajstić information content (AvgIpc) is 3.26. The zero-order chi connectivity index (χ0) is 24.3. The van der Waals surface area contributed by atoms with E-state index in [1.165, 1.54) is 14.2 Å². The minimum atomic E-state index is -0.416. The molecule has 8 heteroatoms. The fraction of sp³-hybridized carbons (Fsp3) is 0.462. The van der Waals surface area contributed by atoms with Crippen molar-refractivity contribution in [3.63, 3.8) is 0 Å². The maximum atomic E-state index is 13.1. The highest BCUT2D eigenvalue weighted by molar-refractivity contribution is 5.98. The van der Waals surface area contributed by atoms with E-state index in [9.17, 15) is 9.18 Å². The summed E-state index contributed by atoms with van der Waals surface area (Å²) in [5.41, 5.74) is 2.30. The van der Waals surface area contributed by atoms with Gasteiger partial charge in [0, 0.05) is 38.1 Å². The van der Waals surface area contributed by atoms with Gasteiger partial charge in [0.05, 0.1) is 39.2 Å². The molecule has 1 amide bonds. The molecule has 1 aliphatic heterocycles. The molecule has 0 unspecified atom stereocenters. The number of halogens is 1. The molecule has 184 valence electrons. The lowest BCUT2D eigenvalue weighted by atomic mass is 10.0. The molecule has 1 saturated heterocycles. The van der Waals surface area contributed by atoms with E-state index in [2.05, 4.69) is 21.8 Å². The summed E-state index contributed by atoms with van der Waals surface area (Å²) in [4.78, 5) is 19.4. The third kappa shape index (κ3) is 6.77. The highest BCUT2D eigenvalue weighted by Gasteiger charge is 2.32. The maximum absolute atomic E-state index is 13.1. The van der Waals surface area contributed by atoms with Gasteiger partial charge in [-0.3, -0.25) is 19.1 Å². The molecule has 1 N–H and O–H groups in total. The minimum absolute atomic E-state index is 0.0636. The van der Waals surface area contributed by atoms with Crippen molar-refractivity contribution >= 4 is 5.91 Å². The first kappa shape index (κ1) is 25.6. The second kappa shape index (κ2) is 13.1. The van der Waals surface area contributed by atoms with Gasteiger partial charge in [-0.25, -0.2) is 0 Å². The predicted octanol–water partition coefficient (Wildman–Crippen LogP) is 3.58. The van der Waals surface area contributed by atoms with Crippen LogP contribution in [0.1, 0.15) is 34.3 Å². The van der Waals surface area contributed by atoms with Crippen LogP contribution in [0.2, 0.25) is 0 Å². The number of alkyl halides is 1. The van der Waals surface area contributed by atoms with E-state index in [0.29, 0.717) is 49.6 Å². The largest absolute Gasteiger partial charge is 0.493 e. The van der Waals surface area contributed by atoms with Gasteiger partial charge in [0.1, 0.15) is 0 Å². The average molecular weight is 472 g/mol. The van der Waals surface area contributed by atoms with Crippen LogP contribution in [-0.2, 0) is 17.8 Å². The molecule has 0 radical (unpaired) electrons. The smallest absolute Gasteiger partial charge is 0.255 e. The Morgan fingerprint density at radius 3 is 2.74 bits per heavy atom. The van der Waals surface area contributed by atoms with Crippen molar-refractivity contribution in [3.8, 4) is 11.5 Å². The normalized spacial score (nSPS) is 18.0. The molecule has 0 bridgehead atoms. The quantitative estimate of drug-likeness (QED) is 0.450. The van der Waals surface area contributed by atoms with Crippen LogP contribution in [0.3, 0.4) is 0 Å². The zero-order valence-electron chi connectivity index (χ0n) is 20.0. The molecule has 3 rings (SSSR count). The standard InChI is InChI=1S/C26H34FN3O4/c1-4-12-30-17-22(34-18-19-7-10-28-11-8-19)15-21(30)16-29-26(31)23-13-20(6-5-9-27)14-24(32-2)25(23)33-3/h4,7-8,10-11,13-14,21-22H,1,5-6,9,12,15-18H2,2-3H3,(H,29,31)/t21-,22+/m0/s1. The lowest BCUT2D eigenvalue weighted by molar-refractivity contribution is 0.0473. The van der Waals surface area contributed by atoms with Crippen LogP contribution >= 0.6 is 0 Å². The van der Waals surface area contributed by atoms with Crippen LogP contribution in [0.4, 0.5) is 4.39 Å². The summed E-state index contributed by atoms with van der Waals surface area (Å²) in [6, 6.07) is 7.55. The van der Waals surface area contributed by atoms with E-state index in [1.807, 2.05) is 18.2 Å². The van der Waals surface area contributed by atoms with Gasteiger partial charge >= 0.3 is 0 Å². The lowest BCUT2D eigenvalue weighted by Gasteiger charge is -2.23. The number of carbonyl (C=O) groups is 1. The van der Waals surface area contributed by atoms with E-state index in [-0.39, 0.29) is 18.1 Å². The first-order chi connectivity index (χ1) is 16.6. The van der Waals surface area contributed by atoms with Gasteiger partial charge in [-0.05, 0) is 54.7 Å². The molecular weight excluding hydrogens is 437 g/mol. The van der Waals surface area contributed by atoms with Gasteiger partial charge in [-0.1, -0.05) is 6.08 Å². The van der Waals surface area contributed by atoms with Gasteiger partial charge in [-0.2, -0.15) is 0 Å². The lowest BCUT2D eigenvalue weighted by Crippen LogP contribution is -2.40. The third-order valence-electron chi connectivity index (χ3n) is 5.97. The van der Waals surface area contributed by atoms with Crippen molar-refractivity contribution < 1.29 is 23.4 Å². The number of ether oxygens (including phenoxy) is 3. The summed E-state index contributed by atoms with van der Waals surface area (Å²) in [6.07, 6.45) is 7.14. The SMILES string of the molecule is C=CCN1C[C@H](OCc2ccncc2)C[C@H]1CNC(=O)c1cc(CCCF)cc(OC)c1OC. The van der Waals surface area contributed by atoms with E-state index < -0.39 is 6.67 Å². The van der Waals surface area contributed by atoms with Crippen molar-refractivity contribution in [1.29, 1.82) is 0 Å². The molecule has 2 atom stereocenters. The van der Waals surface area contributed by atoms with E-state index >= 15 is 0 Å². The second-order valence-corrected chi connectivity index (χ2v) is 8.30. The molecule has 1 aromatic carbocycles. The van der Waals surface area contributed by atoms with Crippen LogP contribution in [0, 0.1) is 0 Å². The maximum Gasteiger partial charge on any atom is 0.255 e. The Morgan fingerprint density at radius 1 is 1.26 bits per heavy atom. The molecular formula is C26H34FN3O4. The fourth-order valence-electron chi connectivity index (χ4n) is 4.26. The highest BCUT2D eigenvalue weighted by Crippen LogP contribution is 2.33. The number of carbonyl (C=O) groups excluding carboxylic acids is 1. The summed E-state index contributed by atoms with van der Waals surface area (Å²) < 4.78 is 29.7. The van der Waals surface area contributed by atoms with E-state index in [1.54, 1.807) is 24.5 Å². The molecule has 0 saturated carbocycles. The van der Waals surface area contributed by atoms with Crippen molar-refractivity contribution in [3.05, 3.63) is 66.0 Å². The molecule has 0 aliphatic carbocycles. The number of nitrogens with one attached hydrogen (secondary N) is 1. The van der Waals surface area contributed by atoms with Crippen molar-refractivity contribution in [2.75, 3.05) is 40.5 Å². The number of likely N-dealkylation sites (tertiary alicyclic amines) is 1. The van der Waals surface area contributed by atoms with Crippen LogP contribution in [0.5, 0.6) is 11.5 Å². The van der Waals surface area contributed by atoms with Crippen LogP contribution < -0.4 is 14.8 Å². The van der Waals surface area contributed by atoms with Gasteiger partial charge in [0.15, 0.2) is 11.5 Å². The van der Waals surface area contributed by atoms with Crippen molar-refractivity contribution in [2.24, 2.45) is 0 Å². The summed E-state index contributed by atoms with van der Waals surface area (Å²) in [5.74, 6) is 0.580. The molecule has 2 aromatic rings. The molecule has 1 aliphatic rings. The monoisotopic (exact) mass is 471 g/mol. The van der Waals surface area contributed by atoms with E-state index in [4.69, 9.17) is 14.2 Å². The number of aromatic nitrogens is 1. The zero-order valence-corrected chi connectivity index (χ0v) is 20.0. The van der Waals surface area contributed by atoms with E-state index in [0.717, 1.165) is 24.1 Å². The number of rotatable bonds is 13. The molecule has 0 spiro atoms. The minimum Gasteiger partial charge on any atom is -0.493 e. The molecule has 2 heterocycles. The van der Waals surface area contributed by atoms with Gasteiger partial charge < -0.3 is 19.5 Å². The van der Waals surface area contributed by atoms with Crippen LogP contribution in [0.15, 0.2) is 49.3 Å². The summed E-state index contributed by atoms with van der Waals surface area (Å²) in [7, 11) is 3.03. The first-order valence-corrected chi connectivity index (χ1v) is 11.5. The Hall–Kier alpha value is -2.97. The second-order valence-electron chi connectivity index (χ2n) is 8.30. The number of pyridine rings is 1. The summed E-state index contributed by atoms with van der Waals surface area (Å²) >= 11 is 0. The number of benzene rings is 1. The summed E-state index contributed by atoms with van der Waals surface area (Å²) in [6.45, 7) is 5.92. The van der Waals surface area contributed by atoms with Crippen LogP contribution in [-0.4, -0.2) is 68.5 Å². The van der Waals surface area contributed by atoms with Crippen LogP contribution in [0.25, 0.3) is 0 Å². The highest BCUT2D eigenvalue weighted by atomic mass is 19.1. The van der Waals surface area contributed by atoms with Gasteiger partial charge in [0.25, 0.3) is 5.91 Å². The Kier molecular flexibility index (Phi) is 9.85. The fourth-order valence-corrected chi connectivity index (χ4v) is 4.26. The third-order valence-corrected chi connectivity index (χ3v) is 5.97. The molecule has 7 nitrogen and oxygen atoms in total. The number of methoxy groups -OCH3 is 2. The van der Waals surface area contributed by atoms with Crippen molar-refractivity contribution in [2.45, 2.75) is 38.0 Å².